The normalized spacial score (nSPS) is 11.3. The molecule has 0 unspecified atom stereocenters. The first-order valence-electron chi connectivity index (χ1n) is 5.69. The largest absolute Gasteiger partial charge is 0.326 e. The Morgan fingerprint density at radius 3 is 2.40 bits per heavy atom. The average molecular weight is 315 g/mol. The van der Waals surface area contributed by atoms with Crippen molar-refractivity contribution in [2.75, 3.05) is 4.72 Å². The fourth-order valence-electron chi connectivity index (χ4n) is 1.61. The molecule has 4 nitrogen and oxygen atoms in total. The molecule has 0 aromatic heterocycles. The molecule has 2 aromatic carbocycles. The molecule has 0 bridgehead atoms. The second kappa shape index (κ2) is 5.78. The number of rotatable bonds is 4. The highest BCUT2D eigenvalue weighted by molar-refractivity contribution is 7.92. The third kappa shape index (κ3) is 3.27. The van der Waals surface area contributed by atoms with E-state index in [1.807, 2.05) is 0 Å². The number of nitrogens with one attached hydrogen (secondary N) is 1. The highest BCUT2D eigenvalue weighted by Crippen LogP contribution is 2.20. The van der Waals surface area contributed by atoms with E-state index in [0.717, 1.165) is 6.07 Å². The molecule has 0 fully saturated rings. The third-order valence-electron chi connectivity index (χ3n) is 2.64. The molecule has 7 heteroatoms. The molecule has 106 valence electrons. The topological polar surface area (TPSA) is 72.2 Å². The molecule has 20 heavy (non-hydrogen) atoms. The van der Waals surface area contributed by atoms with Gasteiger partial charge in [0.2, 0.25) is 0 Å². The minimum absolute atomic E-state index is 0.0469. The summed E-state index contributed by atoms with van der Waals surface area (Å²) in [6.45, 7) is -0.0733. The fraction of sp³-hybridized carbons (Fsp3) is 0.0769. The van der Waals surface area contributed by atoms with Crippen LogP contribution in [0.2, 0.25) is 5.02 Å². The Morgan fingerprint density at radius 2 is 1.80 bits per heavy atom. The van der Waals surface area contributed by atoms with Gasteiger partial charge in [0.15, 0.2) is 0 Å². The van der Waals surface area contributed by atoms with Gasteiger partial charge in [-0.05, 0) is 42.5 Å². The van der Waals surface area contributed by atoms with Crippen LogP contribution in [-0.2, 0) is 16.6 Å². The van der Waals surface area contributed by atoms with E-state index in [9.17, 15) is 12.8 Å². The van der Waals surface area contributed by atoms with Gasteiger partial charge in [-0.25, -0.2) is 12.8 Å². The van der Waals surface area contributed by atoms with Gasteiger partial charge in [0.1, 0.15) is 5.82 Å². The number of anilines is 1. The summed E-state index contributed by atoms with van der Waals surface area (Å²) in [5.41, 5.74) is 5.87. The van der Waals surface area contributed by atoms with Crippen LogP contribution < -0.4 is 10.5 Å². The predicted molar refractivity (Wildman–Crippen MR) is 76.6 cm³/mol. The Bertz CT molecular complexity index is 718. The first-order chi connectivity index (χ1) is 9.42. The highest BCUT2D eigenvalue weighted by Gasteiger charge is 2.16. The van der Waals surface area contributed by atoms with Crippen molar-refractivity contribution >= 4 is 27.3 Å². The minimum atomic E-state index is -3.79. The highest BCUT2D eigenvalue weighted by atomic mass is 35.5. The van der Waals surface area contributed by atoms with Crippen LogP contribution in [0, 0.1) is 5.82 Å². The van der Waals surface area contributed by atoms with E-state index < -0.39 is 15.8 Å². The smallest absolute Gasteiger partial charge is 0.261 e. The van der Waals surface area contributed by atoms with Crippen molar-refractivity contribution in [2.24, 2.45) is 5.73 Å². The Kier molecular flexibility index (Phi) is 4.27. The fourth-order valence-corrected chi connectivity index (χ4v) is 2.84. The molecule has 0 radical (unpaired) electrons. The summed E-state index contributed by atoms with van der Waals surface area (Å²) < 4.78 is 40.0. The van der Waals surface area contributed by atoms with Crippen LogP contribution in [0.25, 0.3) is 0 Å². The molecule has 2 aromatic rings. The molecule has 0 spiro atoms. The molecule has 0 atom stereocenters. The van der Waals surface area contributed by atoms with Crippen LogP contribution >= 0.6 is 11.6 Å². The van der Waals surface area contributed by atoms with Crippen LogP contribution in [-0.4, -0.2) is 8.42 Å². The van der Waals surface area contributed by atoms with Crippen molar-refractivity contribution < 1.29 is 12.8 Å². The summed E-state index contributed by atoms with van der Waals surface area (Å²) >= 11 is 5.72. The summed E-state index contributed by atoms with van der Waals surface area (Å²) in [4.78, 5) is -0.0469. The molecule has 3 N–H and O–H groups in total. The zero-order chi connectivity index (χ0) is 14.8. The zero-order valence-electron chi connectivity index (χ0n) is 10.3. The van der Waals surface area contributed by atoms with Crippen molar-refractivity contribution in [3.05, 3.63) is 58.9 Å². The molecule has 0 aliphatic rings. The van der Waals surface area contributed by atoms with E-state index in [2.05, 4.69) is 4.72 Å². The number of nitrogens with two attached hydrogens (primary N) is 1. The molecular formula is C13H12ClFN2O2S. The van der Waals surface area contributed by atoms with Crippen molar-refractivity contribution in [1.29, 1.82) is 0 Å². The second-order valence-corrected chi connectivity index (χ2v) is 6.19. The van der Waals surface area contributed by atoms with Gasteiger partial charge in [-0.15, -0.1) is 0 Å². The average Bonchev–Trinajstić information content (AvgIpc) is 2.41. The van der Waals surface area contributed by atoms with Gasteiger partial charge in [0.05, 0.1) is 4.90 Å². The van der Waals surface area contributed by atoms with E-state index in [0.29, 0.717) is 10.7 Å². The molecule has 0 aliphatic heterocycles. The van der Waals surface area contributed by atoms with Crippen LogP contribution in [0.5, 0.6) is 0 Å². The van der Waals surface area contributed by atoms with Gasteiger partial charge >= 0.3 is 0 Å². The Labute approximate surface area is 121 Å². The number of hydrogen-bond donors (Lipinski definition) is 2. The molecule has 0 saturated heterocycles. The van der Waals surface area contributed by atoms with Crippen molar-refractivity contribution in [3.63, 3.8) is 0 Å². The predicted octanol–water partition coefficient (Wildman–Crippen LogP) is 2.74. The SMILES string of the molecule is NCc1cc(S(=O)(=O)Nc2ccc(Cl)cc2)ccc1F. The maximum absolute atomic E-state index is 13.3. The van der Waals surface area contributed by atoms with Gasteiger partial charge in [0, 0.05) is 22.8 Å². The summed E-state index contributed by atoms with van der Waals surface area (Å²) in [6.07, 6.45) is 0. The monoisotopic (exact) mass is 314 g/mol. The summed E-state index contributed by atoms with van der Waals surface area (Å²) in [5, 5.41) is 0.500. The first-order valence-corrected chi connectivity index (χ1v) is 7.55. The minimum Gasteiger partial charge on any atom is -0.326 e. The molecular weight excluding hydrogens is 303 g/mol. The maximum Gasteiger partial charge on any atom is 0.261 e. The first kappa shape index (κ1) is 14.8. The maximum atomic E-state index is 13.3. The number of halogens is 2. The second-order valence-electron chi connectivity index (χ2n) is 4.07. The van der Waals surface area contributed by atoms with Crippen molar-refractivity contribution in [3.8, 4) is 0 Å². The summed E-state index contributed by atoms with van der Waals surface area (Å²) in [5.74, 6) is -0.530. The zero-order valence-corrected chi connectivity index (χ0v) is 11.9. The third-order valence-corrected chi connectivity index (χ3v) is 4.27. The van der Waals surface area contributed by atoms with Crippen LogP contribution in [0.3, 0.4) is 0 Å². The number of benzene rings is 2. The van der Waals surface area contributed by atoms with Crippen LogP contribution in [0.1, 0.15) is 5.56 Å². The summed E-state index contributed by atoms with van der Waals surface area (Å²) in [7, 11) is -3.79. The lowest BCUT2D eigenvalue weighted by Gasteiger charge is -2.09. The standard InChI is InChI=1S/C13H12ClFN2O2S/c14-10-1-3-11(4-2-10)17-20(18,19)12-5-6-13(15)9(7-12)8-16/h1-7,17H,8,16H2. The van der Waals surface area contributed by atoms with E-state index >= 15 is 0 Å². The molecule has 0 aliphatic carbocycles. The van der Waals surface area contributed by atoms with Crippen molar-refractivity contribution in [1.82, 2.24) is 0 Å². The van der Waals surface area contributed by atoms with Gasteiger partial charge in [-0.2, -0.15) is 0 Å². The van der Waals surface area contributed by atoms with E-state index in [-0.39, 0.29) is 17.0 Å². The molecule has 2 rings (SSSR count). The van der Waals surface area contributed by atoms with Gasteiger partial charge < -0.3 is 5.73 Å². The Morgan fingerprint density at radius 1 is 1.15 bits per heavy atom. The van der Waals surface area contributed by atoms with Gasteiger partial charge in [-0.1, -0.05) is 11.6 Å². The molecule has 0 saturated carbocycles. The lowest BCUT2D eigenvalue weighted by Crippen LogP contribution is -2.14. The Balaban J connectivity index is 2.33. The van der Waals surface area contributed by atoms with E-state index in [4.69, 9.17) is 17.3 Å². The van der Waals surface area contributed by atoms with E-state index in [1.165, 1.54) is 24.3 Å². The lowest BCUT2D eigenvalue weighted by molar-refractivity contribution is 0.596. The van der Waals surface area contributed by atoms with Crippen LogP contribution in [0.4, 0.5) is 10.1 Å². The molecule has 0 heterocycles. The number of sulfonamides is 1. The Hall–Kier alpha value is -1.63. The van der Waals surface area contributed by atoms with E-state index in [1.54, 1.807) is 12.1 Å². The lowest BCUT2D eigenvalue weighted by atomic mass is 10.2. The molecule has 0 amide bonds. The van der Waals surface area contributed by atoms with Gasteiger partial charge in [-0.3, -0.25) is 4.72 Å². The van der Waals surface area contributed by atoms with Crippen LogP contribution in [0.15, 0.2) is 47.4 Å². The number of hydrogen-bond acceptors (Lipinski definition) is 3. The van der Waals surface area contributed by atoms with Crippen molar-refractivity contribution in [2.45, 2.75) is 11.4 Å². The van der Waals surface area contributed by atoms with Gasteiger partial charge in [0.25, 0.3) is 10.0 Å². The summed E-state index contributed by atoms with van der Waals surface area (Å²) in [6, 6.07) is 9.68. The quantitative estimate of drug-likeness (QED) is 0.911.